The zero-order valence-corrected chi connectivity index (χ0v) is 17.2. The van der Waals surface area contributed by atoms with Gasteiger partial charge in [0.05, 0.1) is 0 Å². The number of tetrazole rings is 1. The second-order valence-corrected chi connectivity index (χ2v) is 7.24. The maximum atomic E-state index is 4.72. The van der Waals surface area contributed by atoms with E-state index >= 15 is 0 Å². The normalized spacial score (nSPS) is 11.1. The van der Waals surface area contributed by atoms with Crippen LogP contribution in [0.2, 0.25) is 0 Å². The molecule has 0 amide bonds. The van der Waals surface area contributed by atoms with Crippen molar-refractivity contribution in [3.8, 4) is 22.5 Å². The van der Waals surface area contributed by atoms with Gasteiger partial charge in [-0.1, -0.05) is 55.5 Å². The Hall–Kier alpha value is -3.00. The zero-order valence-electron chi connectivity index (χ0n) is 16.3. The van der Waals surface area contributed by atoms with E-state index in [9.17, 15) is 0 Å². The summed E-state index contributed by atoms with van der Waals surface area (Å²) in [6, 6.07) is 16.6. The average molecular weight is 406 g/mol. The predicted molar refractivity (Wildman–Crippen MR) is 116 cm³/mol. The van der Waals surface area contributed by atoms with Crippen molar-refractivity contribution in [1.29, 1.82) is 0 Å². The molecule has 0 radical (unpaired) electrons. The Morgan fingerprint density at radius 3 is 2.52 bits per heavy atom. The Morgan fingerprint density at radius 1 is 1.03 bits per heavy atom. The third kappa shape index (κ3) is 4.37. The van der Waals surface area contributed by atoms with E-state index in [2.05, 4.69) is 75.6 Å². The molecule has 1 N–H and O–H groups in total. The summed E-state index contributed by atoms with van der Waals surface area (Å²) in [6.07, 6.45) is 2.58. The van der Waals surface area contributed by atoms with Crippen LogP contribution in [0.15, 0.2) is 48.5 Å². The molecule has 0 aliphatic carbocycles. The first kappa shape index (κ1) is 19.3. The van der Waals surface area contributed by atoms with E-state index in [1.165, 1.54) is 5.56 Å². The van der Waals surface area contributed by atoms with E-state index in [1.54, 1.807) is 0 Å². The van der Waals surface area contributed by atoms with Crippen LogP contribution in [-0.4, -0.2) is 41.1 Å². The first-order chi connectivity index (χ1) is 14.3. The fraction of sp³-hybridized carbons (Fsp3) is 0.286. The lowest BCUT2D eigenvalue weighted by Crippen LogP contribution is -2.06. The first-order valence-corrected chi connectivity index (χ1v) is 10.4. The quantitative estimate of drug-likeness (QED) is 0.438. The van der Waals surface area contributed by atoms with Gasteiger partial charge in [-0.05, 0) is 34.1 Å². The van der Waals surface area contributed by atoms with Crippen molar-refractivity contribution in [2.75, 3.05) is 5.75 Å². The van der Waals surface area contributed by atoms with Crippen molar-refractivity contribution in [3.63, 3.8) is 0 Å². The van der Waals surface area contributed by atoms with Crippen molar-refractivity contribution in [2.24, 2.45) is 0 Å². The summed E-state index contributed by atoms with van der Waals surface area (Å²) < 4.78 is 2.03. The number of H-pyrrole nitrogens is 1. The van der Waals surface area contributed by atoms with Crippen LogP contribution < -0.4 is 0 Å². The molecule has 0 aliphatic heterocycles. The smallest absolute Gasteiger partial charge is 0.205 e. The van der Waals surface area contributed by atoms with Crippen molar-refractivity contribution in [3.05, 3.63) is 65.7 Å². The predicted octanol–water partition coefficient (Wildman–Crippen LogP) is 3.60. The summed E-state index contributed by atoms with van der Waals surface area (Å²) in [7, 11) is 0. The van der Waals surface area contributed by atoms with Gasteiger partial charge >= 0.3 is 0 Å². The monoisotopic (exact) mass is 405 g/mol. The van der Waals surface area contributed by atoms with Crippen molar-refractivity contribution in [2.45, 2.75) is 32.7 Å². The molecule has 0 saturated heterocycles. The van der Waals surface area contributed by atoms with Crippen LogP contribution in [0.25, 0.3) is 22.5 Å². The maximum Gasteiger partial charge on any atom is 0.205 e. The number of rotatable bonds is 8. The highest BCUT2D eigenvalue weighted by molar-refractivity contribution is 7.80. The Bertz CT molecular complexity index is 1060. The van der Waals surface area contributed by atoms with Gasteiger partial charge in [0, 0.05) is 24.9 Å². The first-order valence-electron chi connectivity index (χ1n) is 9.74. The van der Waals surface area contributed by atoms with Gasteiger partial charge in [-0.25, -0.2) is 9.67 Å². The number of hydrogen-bond donors (Lipinski definition) is 2. The average Bonchev–Trinajstić information content (AvgIpc) is 3.40. The molecule has 2 aromatic carbocycles. The van der Waals surface area contributed by atoms with Crippen LogP contribution in [0.3, 0.4) is 0 Å². The molecule has 0 aliphatic rings. The van der Waals surface area contributed by atoms with Crippen molar-refractivity contribution < 1.29 is 0 Å². The highest BCUT2D eigenvalue weighted by Gasteiger charge is 2.12. The van der Waals surface area contributed by atoms with Gasteiger partial charge in [-0.3, -0.25) is 0 Å². The highest BCUT2D eigenvalue weighted by atomic mass is 32.1. The molecule has 2 heterocycles. The van der Waals surface area contributed by atoms with E-state index in [1.807, 2.05) is 22.9 Å². The number of aryl methyl sites for hydroxylation is 2. The molecule has 148 valence electrons. The van der Waals surface area contributed by atoms with E-state index in [4.69, 9.17) is 4.98 Å². The standard InChI is InChI=1S/C21H23N7S/c1-2-12-28-20(22-19(25-28)11-13-29)14-15-7-9-16(10-8-15)17-5-3-4-6-18(17)21-23-26-27-24-21/h3-10,29H,2,11-14H2,1H3,(H,23,24,26,27). The fourth-order valence-electron chi connectivity index (χ4n) is 3.34. The van der Waals surface area contributed by atoms with Crippen LogP contribution in [0.5, 0.6) is 0 Å². The summed E-state index contributed by atoms with van der Waals surface area (Å²) in [5, 5.41) is 19.1. The van der Waals surface area contributed by atoms with E-state index in [-0.39, 0.29) is 0 Å². The van der Waals surface area contributed by atoms with E-state index in [0.29, 0.717) is 5.82 Å². The number of aromatic amines is 1. The third-order valence-electron chi connectivity index (χ3n) is 4.70. The Labute approximate surface area is 175 Å². The summed E-state index contributed by atoms with van der Waals surface area (Å²) in [4.78, 5) is 4.72. The molecule has 0 bridgehead atoms. The third-order valence-corrected chi connectivity index (χ3v) is 4.93. The SMILES string of the molecule is CCCn1nc(CCS)nc1Cc1ccc(-c2ccccc2-c2nn[nH]n2)cc1. The summed E-state index contributed by atoms with van der Waals surface area (Å²) >= 11 is 4.30. The molecule has 8 heteroatoms. The molecule has 0 unspecified atom stereocenters. The zero-order chi connectivity index (χ0) is 20.1. The molecule has 29 heavy (non-hydrogen) atoms. The number of aromatic nitrogens is 7. The van der Waals surface area contributed by atoms with Crippen LogP contribution in [0, 0.1) is 0 Å². The molecular formula is C21H23N7S. The number of benzene rings is 2. The molecule has 4 rings (SSSR count). The summed E-state index contributed by atoms with van der Waals surface area (Å²) in [5.74, 6) is 3.22. The minimum absolute atomic E-state index is 0.592. The maximum absolute atomic E-state index is 4.72. The molecule has 0 spiro atoms. The summed E-state index contributed by atoms with van der Waals surface area (Å²) in [5.41, 5.74) is 4.34. The number of nitrogens with one attached hydrogen (secondary N) is 1. The van der Waals surface area contributed by atoms with Gasteiger partial charge in [0.25, 0.3) is 0 Å². The number of nitrogens with zero attached hydrogens (tertiary/aromatic N) is 6. The molecular weight excluding hydrogens is 382 g/mol. The number of hydrogen-bond acceptors (Lipinski definition) is 6. The Balaban J connectivity index is 1.59. The van der Waals surface area contributed by atoms with Gasteiger partial charge in [0.15, 0.2) is 5.82 Å². The van der Waals surface area contributed by atoms with Crippen LogP contribution in [0.4, 0.5) is 0 Å². The lowest BCUT2D eigenvalue weighted by molar-refractivity contribution is 0.571. The van der Waals surface area contributed by atoms with Crippen LogP contribution >= 0.6 is 12.6 Å². The topological polar surface area (TPSA) is 85.2 Å². The second-order valence-electron chi connectivity index (χ2n) is 6.80. The second kappa shape index (κ2) is 9.00. The van der Waals surface area contributed by atoms with Gasteiger partial charge in [-0.2, -0.15) is 22.9 Å². The lowest BCUT2D eigenvalue weighted by atomic mass is 9.98. The molecule has 4 aromatic rings. The van der Waals surface area contributed by atoms with E-state index in [0.717, 1.165) is 59.9 Å². The number of thiol groups is 1. The molecule has 0 saturated carbocycles. The summed E-state index contributed by atoms with van der Waals surface area (Å²) in [6.45, 7) is 3.03. The fourth-order valence-corrected chi connectivity index (χ4v) is 3.54. The Kier molecular flexibility index (Phi) is 6.00. The molecule has 0 fully saturated rings. The van der Waals surface area contributed by atoms with Crippen molar-refractivity contribution in [1.82, 2.24) is 35.4 Å². The van der Waals surface area contributed by atoms with Crippen LogP contribution in [-0.2, 0) is 19.4 Å². The minimum Gasteiger partial charge on any atom is -0.249 e. The molecule has 0 atom stereocenters. The van der Waals surface area contributed by atoms with Gasteiger partial charge in [0.2, 0.25) is 5.82 Å². The highest BCUT2D eigenvalue weighted by Crippen LogP contribution is 2.29. The minimum atomic E-state index is 0.592. The Morgan fingerprint density at radius 2 is 1.83 bits per heavy atom. The van der Waals surface area contributed by atoms with Crippen molar-refractivity contribution >= 4 is 12.6 Å². The van der Waals surface area contributed by atoms with Gasteiger partial charge < -0.3 is 0 Å². The van der Waals surface area contributed by atoms with Gasteiger partial charge in [0.1, 0.15) is 5.82 Å². The van der Waals surface area contributed by atoms with E-state index < -0.39 is 0 Å². The largest absolute Gasteiger partial charge is 0.249 e. The van der Waals surface area contributed by atoms with Crippen LogP contribution in [0.1, 0.15) is 30.6 Å². The molecule has 7 nitrogen and oxygen atoms in total. The van der Waals surface area contributed by atoms with Gasteiger partial charge in [-0.15, -0.1) is 10.2 Å². The molecule has 2 aromatic heterocycles. The lowest BCUT2D eigenvalue weighted by Gasteiger charge is -2.08.